The van der Waals surface area contributed by atoms with Crippen molar-refractivity contribution < 1.29 is 14.5 Å². The van der Waals surface area contributed by atoms with Crippen molar-refractivity contribution in [2.75, 3.05) is 19.6 Å². The molecule has 2 saturated heterocycles. The number of carbonyl (C=O) groups excluding carboxylic acids is 1. The van der Waals surface area contributed by atoms with Crippen molar-refractivity contribution in [2.24, 2.45) is 0 Å². The molecule has 2 heterocycles. The fraction of sp³-hybridized carbons (Fsp3) is 0.562. The van der Waals surface area contributed by atoms with Crippen molar-refractivity contribution in [3.05, 3.63) is 34.4 Å². The van der Waals surface area contributed by atoms with Gasteiger partial charge in [0, 0.05) is 38.1 Å². The summed E-state index contributed by atoms with van der Waals surface area (Å²) in [6.07, 6.45) is 3.62. The number of carbonyl (C=O) groups is 1. The molecule has 23 heavy (non-hydrogen) atoms. The monoisotopic (exact) mass is 319 g/mol. The molecule has 124 valence electrons. The second-order valence-electron chi connectivity index (χ2n) is 6.04. The number of nitro benzene ring substituents is 1. The Morgan fingerprint density at radius 3 is 2.48 bits per heavy atom. The van der Waals surface area contributed by atoms with Crippen LogP contribution in [-0.4, -0.2) is 47.5 Å². The minimum absolute atomic E-state index is 0.0119. The van der Waals surface area contributed by atoms with Crippen LogP contribution in [0.5, 0.6) is 5.75 Å². The van der Waals surface area contributed by atoms with Crippen LogP contribution in [0.2, 0.25) is 0 Å². The maximum atomic E-state index is 12.3. The van der Waals surface area contributed by atoms with Gasteiger partial charge in [0.2, 0.25) is 5.91 Å². The predicted molar refractivity (Wildman–Crippen MR) is 84.4 cm³/mol. The zero-order valence-corrected chi connectivity index (χ0v) is 12.9. The van der Waals surface area contributed by atoms with Gasteiger partial charge in [-0.05, 0) is 31.5 Å². The average Bonchev–Trinajstić information content (AvgIpc) is 3.10. The highest BCUT2D eigenvalue weighted by atomic mass is 16.6. The Kier molecular flexibility index (Phi) is 4.76. The molecular weight excluding hydrogens is 298 g/mol. The van der Waals surface area contributed by atoms with Crippen LogP contribution in [0, 0.1) is 10.1 Å². The summed E-state index contributed by atoms with van der Waals surface area (Å²) in [6, 6.07) is 6.12. The van der Waals surface area contributed by atoms with E-state index in [1.54, 1.807) is 12.1 Å². The van der Waals surface area contributed by atoms with Gasteiger partial charge in [-0.15, -0.1) is 0 Å². The summed E-state index contributed by atoms with van der Waals surface area (Å²) in [4.78, 5) is 24.4. The molecule has 2 fully saturated rings. The second-order valence-corrected chi connectivity index (χ2v) is 6.04. The van der Waals surface area contributed by atoms with Gasteiger partial charge >= 0.3 is 0 Å². The van der Waals surface area contributed by atoms with Gasteiger partial charge in [0.25, 0.3) is 5.69 Å². The van der Waals surface area contributed by atoms with Gasteiger partial charge < -0.3 is 15.0 Å². The van der Waals surface area contributed by atoms with E-state index in [1.807, 2.05) is 4.90 Å². The first-order valence-corrected chi connectivity index (χ1v) is 8.07. The summed E-state index contributed by atoms with van der Waals surface area (Å²) in [5, 5.41) is 13.9. The number of benzene rings is 1. The lowest BCUT2D eigenvalue weighted by molar-refractivity contribution is -0.384. The van der Waals surface area contributed by atoms with E-state index in [2.05, 4.69) is 5.32 Å². The molecule has 7 nitrogen and oxygen atoms in total. The predicted octanol–water partition coefficient (Wildman–Crippen LogP) is 1.72. The van der Waals surface area contributed by atoms with E-state index in [0.717, 1.165) is 32.2 Å². The summed E-state index contributed by atoms with van der Waals surface area (Å²) in [5.41, 5.74) is 0.0572. The van der Waals surface area contributed by atoms with Gasteiger partial charge in [-0.3, -0.25) is 14.9 Å². The zero-order valence-electron chi connectivity index (χ0n) is 12.9. The number of ether oxygens (including phenoxy) is 1. The van der Waals surface area contributed by atoms with Crippen molar-refractivity contribution in [3.63, 3.8) is 0 Å². The molecule has 2 aliphatic heterocycles. The van der Waals surface area contributed by atoms with Crippen molar-refractivity contribution in [2.45, 2.75) is 37.8 Å². The van der Waals surface area contributed by atoms with Gasteiger partial charge in [-0.25, -0.2) is 0 Å². The largest absolute Gasteiger partial charge is 0.490 e. The van der Waals surface area contributed by atoms with Crippen LogP contribution in [-0.2, 0) is 4.79 Å². The number of amides is 1. The highest BCUT2D eigenvalue weighted by Gasteiger charge is 2.30. The van der Waals surface area contributed by atoms with Crippen LogP contribution in [0.1, 0.15) is 25.7 Å². The van der Waals surface area contributed by atoms with E-state index in [1.165, 1.54) is 12.1 Å². The SMILES string of the molecule is O=C(C1CCCN1)N1CCC(Oc2ccc([N+](=O)[O-])cc2)CC1. The topological polar surface area (TPSA) is 84.7 Å². The Morgan fingerprint density at radius 1 is 1.22 bits per heavy atom. The van der Waals surface area contributed by atoms with Crippen LogP contribution < -0.4 is 10.1 Å². The summed E-state index contributed by atoms with van der Waals surface area (Å²) in [6.45, 7) is 2.33. The molecule has 1 amide bonds. The number of likely N-dealkylation sites (tertiary alicyclic amines) is 1. The standard InChI is InChI=1S/C16H21N3O4/c20-16(15-2-1-9-17-15)18-10-7-14(8-11-18)23-13-5-3-12(4-6-13)19(21)22/h3-6,14-15,17H,1-2,7-11H2. The maximum absolute atomic E-state index is 12.3. The number of hydrogen-bond acceptors (Lipinski definition) is 5. The molecular formula is C16H21N3O4. The molecule has 0 saturated carbocycles. The minimum atomic E-state index is -0.426. The van der Waals surface area contributed by atoms with Crippen LogP contribution in [0.4, 0.5) is 5.69 Å². The molecule has 7 heteroatoms. The van der Waals surface area contributed by atoms with Gasteiger partial charge in [0.05, 0.1) is 11.0 Å². The average molecular weight is 319 g/mol. The molecule has 2 aliphatic rings. The van der Waals surface area contributed by atoms with E-state index in [0.29, 0.717) is 18.8 Å². The highest BCUT2D eigenvalue weighted by Crippen LogP contribution is 2.22. The summed E-state index contributed by atoms with van der Waals surface area (Å²) in [5.74, 6) is 0.842. The smallest absolute Gasteiger partial charge is 0.269 e. The third-order valence-electron chi connectivity index (χ3n) is 4.46. The fourth-order valence-corrected chi connectivity index (χ4v) is 3.15. The molecule has 1 aromatic rings. The first-order valence-electron chi connectivity index (χ1n) is 8.07. The number of non-ortho nitro benzene ring substituents is 1. The van der Waals surface area contributed by atoms with Crippen molar-refractivity contribution in [1.82, 2.24) is 10.2 Å². The van der Waals surface area contributed by atoms with Gasteiger partial charge in [-0.1, -0.05) is 0 Å². The number of nitrogens with one attached hydrogen (secondary N) is 1. The Hall–Kier alpha value is -2.15. The Labute approximate surface area is 134 Å². The third-order valence-corrected chi connectivity index (χ3v) is 4.46. The number of piperidine rings is 1. The summed E-state index contributed by atoms with van der Waals surface area (Å²) >= 11 is 0. The summed E-state index contributed by atoms with van der Waals surface area (Å²) in [7, 11) is 0. The number of hydrogen-bond donors (Lipinski definition) is 1. The Bertz CT molecular complexity index is 561. The van der Waals surface area contributed by atoms with E-state index in [-0.39, 0.29) is 23.7 Å². The number of nitro groups is 1. The fourth-order valence-electron chi connectivity index (χ4n) is 3.15. The Morgan fingerprint density at radius 2 is 1.91 bits per heavy atom. The number of nitrogens with zero attached hydrogens (tertiary/aromatic N) is 2. The summed E-state index contributed by atoms with van der Waals surface area (Å²) < 4.78 is 5.87. The zero-order chi connectivity index (χ0) is 16.2. The molecule has 0 spiro atoms. The van der Waals surface area contributed by atoms with E-state index in [4.69, 9.17) is 4.74 Å². The lowest BCUT2D eigenvalue weighted by atomic mass is 10.1. The number of rotatable bonds is 4. The van der Waals surface area contributed by atoms with Crippen molar-refractivity contribution in [1.29, 1.82) is 0 Å². The normalized spacial score (nSPS) is 22.1. The third kappa shape index (κ3) is 3.79. The molecule has 1 N–H and O–H groups in total. The molecule has 3 rings (SSSR count). The molecule has 0 radical (unpaired) electrons. The van der Waals surface area contributed by atoms with Gasteiger partial charge in [-0.2, -0.15) is 0 Å². The lowest BCUT2D eigenvalue weighted by Crippen LogP contribution is -2.48. The molecule has 0 bridgehead atoms. The lowest BCUT2D eigenvalue weighted by Gasteiger charge is -2.33. The molecule has 1 aromatic carbocycles. The highest BCUT2D eigenvalue weighted by molar-refractivity contribution is 5.82. The van der Waals surface area contributed by atoms with Crippen LogP contribution in [0.25, 0.3) is 0 Å². The van der Waals surface area contributed by atoms with Crippen LogP contribution in [0.15, 0.2) is 24.3 Å². The van der Waals surface area contributed by atoms with Gasteiger partial charge in [0.15, 0.2) is 0 Å². The van der Waals surface area contributed by atoms with Gasteiger partial charge in [0.1, 0.15) is 11.9 Å². The van der Waals surface area contributed by atoms with Crippen LogP contribution >= 0.6 is 0 Å². The maximum Gasteiger partial charge on any atom is 0.269 e. The molecule has 0 aromatic heterocycles. The molecule has 1 unspecified atom stereocenters. The minimum Gasteiger partial charge on any atom is -0.490 e. The first kappa shape index (κ1) is 15.7. The second kappa shape index (κ2) is 6.95. The van der Waals surface area contributed by atoms with E-state index >= 15 is 0 Å². The van der Waals surface area contributed by atoms with Crippen LogP contribution in [0.3, 0.4) is 0 Å². The molecule has 0 aliphatic carbocycles. The van der Waals surface area contributed by atoms with E-state index < -0.39 is 4.92 Å². The van der Waals surface area contributed by atoms with Crippen molar-refractivity contribution >= 4 is 11.6 Å². The quantitative estimate of drug-likeness (QED) is 0.674. The van der Waals surface area contributed by atoms with Crippen molar-refractivity contribution in [3.8, 4) is 5.75 Å². The Balaban J connectivity index is 1.48. The van der Waals surface area contributed by atoms with E-state index in [9.17, 15) is 14.9 Å². The molecule has 1 atom stereocenters. The first-order chi connectivity index (χ1) is 11.1.